The summed E-state index contributed by atoms with van der Waals surface area (Å²) in [6.07, 6.45) is 1.81. The van der Waals surface area contributed by atoms with Crippen LogP contribution in [0.1, 0.15) is 18.1 Å². The fourth-order valence-corrected chi connectivity index (χ4v) is 3.64. The van der Waals surface area contributed by atoms with Crippen LogP contribution in [0.25, 0.3) is 16.9 Å². The Morgan fingerprint density at radius 1 is 1.00 bits per heavy atom. The van der Waals surface area contributed by atoms with E-state index in [-0.39, 0.29) is 23.9 Å². The van der Waals surface area contributed by atoms with Crippen molar-refractivity contribution >= 4 is 28.9 Å². The molecule has 176 valence electrons. The van der Waals surface area contributed by atoms with Crippen LogP contribution in [0.5, 0.6) is 0 Å². The zero-order valence-corrected chi connectivity index (χ0v) is 19.2. The number of nitro benzene ring substituents is 1. The highest BCUT2D eigenvalue weighted by Gasteiger charge is 2.17. The molecule has 0 aliphatic heterocycles. The number of rotatable bonds is 7. The van der Waals surface area contributed by atoms with Crippen molar-refractivity contribution in [2.75, 3.05) is 10.6 Å². The largest absolute Gasteiger partial charge is 0.326 e. The first kappa shape index (κ1) is 23.4. The van der Waals surface area contributed by atoms with Crippen molar-refractivity contribution in [3.63, 3.8) is 0 Å². The van der Waals surface area contributed by atoms with Gasteiger partial charge >= 0.3 is 0 Å². The number of nitrogens with one attached hydrogen (secondary N) is 2. The molecule has 9 nitrogen and oxygen atoms in total. The minimum atomic E-state index is -0.460. The normalized spacial score (nSPS) is 10.6. The molecule has 9 heteroatoms. The summed E-state index contributed by atoms with van der Waals surface area (Å²) in [6, 6.07) is 20.8. The van der Waals surface area contributed by atoms with Gasteiger partial charge in [0.15, 0.2) is 0 Å². The molecule has 4 rings (SSSR count). The van der Waals surface area contributed by atoms with Crippen molar-refractivity contribution in [3.8, 4) is 16.9 Å². The van der Waals surface area contributed by atoms with Crippen molar-refractivity contribution < 1.29 is 14.5 Å². The molecule has 0 saturated heterocycles. The van der Waals surface area contributed by atoms with Gasteiger partial charge < -0.3 is 10.6 Å². The number of amides is 2. The summed E-state index contributed by atoms with van der Waals surface area (Å²) in [7, 11) is 0. The van der Waals surface area contributed by atoms with Crippen molar-refractivity contribution in [2.24, 2.45) is 0 Å². The Balaban J connectivity index is 1.64. The number of nitrogens with zero attached hydrogens (tertiary/aromatic N) is 3. The highest BCUT2D eigenvalue weighted by molar-refractivity contribution is 5.95. The molecule has 0 spiro atoms. The van der Waals surface area contributed by atoms with Crippen LogP contribution >= 0.6 is 0 Å². The average Bonchev–Trinajstić information content (AvgIpc) is 3.25. The molecular formula is C26H23N5O4. The zero-order valence-electron chi connectivity index (χ0n) is 19.2. The van der Waals surface area contributed by atoms with Gasteiger partial charge in [-0.3, -0.25) is 19.7 Å². The van der Waals surface area contributed by atoms with E-state index in [9.17, 15) is 19.7 Å². The first-order chi connectivity index (χ1) is 16.8. The molecule has 35 heavy (non-hydrogen) atoms. The van der Waals surface area contributed by atoms with Gasteiger partial charge in [-0.2, -0.15) is 5.10 Å². The Morgan fingerprint density at radius 3 is 2.37 bits per heavy atom. The smallest absolute Gasteiger partial charge is 0.269 e. The Kier molecular flexibility index (Phi) is 6.68. The number of benzene rings is 3. The molecule has 2 amide bonds. The molecule has 0 fully saturated rings. The van der Waals surface area contributed by atoms with Crippen molar-refractivity contribution in [2.45, 2.75) is 20.3 Å². The molecule has 0 aliphatic rings. The summed E-state index contributed by atoms with van der Waals surface area (Å²) >= 11 is 0. The van der Waals surface area contributed by atoms with Gasteiger partial charge in [0.05, 0.1) is 22.7 Å². The lowest BCUT2D eigenvalue weighted by Gasteiger charge is -2.11. The Bertz CT molecular complexity index is 1400. The molecule has 0 saturated carbocycles. The van der Waals surface area contributed by atoms with Gasteiger partial charge in [0.2, 0.25) is 11.8 Å². The number of non-ortho nitro benzene ring substituents is 1. The number of hydrogen-bond donors (Lipinski definition) is 2. The number of hydrogen-bond acceptors (Lipinski definition) is 5. The van der Waals surface area contributed by atoms with Crippen molar-refractivity contribution in [1.82, 2.24) is 9.78 Å². The summed E-state index contributed by atoms with van der Waals surface area (Å²) in [6.45, 7) is 3.28. The van der Waals surface area contributed by atoms with Crippen LogP contribution in [0.2, 0.25) is 0 Å². The highest BCUT2D eigenvalue weighted by atomic mass is 16.6. The molecule has 4 aromatic rings. The maximum absolute atomic E-state index is 13.0. The molecule has 2 N–H and O–H groups in total. The topological polar surface area (TPSA) is 119 Å². The van der Waals surface area contributed by atoms with E-state index in [1.807, 2.05) is 43.3 Å². The predicted molar refractivity (Wildman–Crippen MR) is 133 cm³/mol. The van der Waals surface area contributed by atoms with Crippen LogP contribution in [0.15, 0.2) is 79.0 Å². The first-order valence-corrected chi connectivity index (χ1v) is 10.9. The third kappa shape index (κ3) is 5.59. The number of carbonyl (C=O) groups excluding carboxylic acids is 2. The van der Waals surface area contributed by atoms with Gasteiger partial charge in [0.25, 0.3) is 5.69 Å². The fourth-order valence-electron chi connectivity index (χ4n) is 3.64. The number of anilines is 2. The fraction of sp³-hybridized carbons (Fsp3) is 0.115. The number of aromatic nitrogens is 2. The molecule has 0 bridgehead atoms. The van der Waals surface area contributed by atoms with E-state index in [1.54, 1.807) is 35.1 Å². The minimum Gasteiger partial charge on any atom is -0.326 e. The molecule has 0 unspecified atom stereocenters. The average molecular weight is 470 g/mol. The van der Waals surface area contributed by atoms with Gasteiger partial charge in [0, 0.05) is 47.8 Å². The minimum absolute atomic E-state index is 0.0231. The molecule has 3 aromatic carbocycles. The standard InChI is InChI=1S/C26H23N5O4/c1-17-8-11-21(27-18(2)32)15-24(17)28-25(33)14-20-16-30(22-6-4-3-5-7-22)29-26(20)19-9-12-23(13-10-19)31(34)35/h3-13,15-16H,14H2,1-2H3,(H,27,32)(H,28,33). The summed E-state index contributed by atoms with van der Waals surface area (Å²) in [5.41, 5.74) is 4.71. The van der Waals surface area contributed by atoms with Crippen LogP contribution < -0.4 is 10.6 Å². The number of aryl methyl sites for hydroxylation is 1. The zero-order chi connectivity index (χ0) is 24.9. The molecule has 0 atom stereocenters. The molecule has 0 radical (unpaired) electrons. The van der Waals surface area contributed by atoms with E-state index in [0.717, 1.165) is 11.3 Å². The number of carbonyl (C=O) groups is 2. The lowest BCUT2D eigenvalue weighted by Crippen LogP contribution is -2.16. The molecule has 0 aliphatic carbocycles. The maximum Gasteiger partial charge on any atom is 0.269 e. The number of para-hydroxylation sites is 1. The summed E-state index contributed by atoms with van der Waals surface area (Å²) in [4.78, 5) is 35.0. The third-order valence-electron chi connectivity index (χ3n) is 5.35. The number of nitro groups is 1. The third-order valence-corrected chi connectivity index (χ3v) is 5.35. The van der Waals surface area contributed by atoms with Crippen molar-refractivity contribution in [1.29, 1.82) is 0 Å². The molecule has 1 heterocycles. The van der Waals surface area contributed by atoms with Crippen molar-refractivity contribution in [3.05, 3.63) is 100 Å². The van der Waals surface area contributed by atoms with Gasteiger partial charge in [-0.25, -0.2) is 4.68 Å². The predicted octanol–water partition coefficient (Wildman–Crippen LogP) is 4.90. The highest BCUT2D eigenvalue weighted by Crippen LogP contribution is 2.27. The lowest BCUT2D eigenvalue weighted by atomic mass is 10.1. The second kappa shape index (κ2) is 10.0. The van der Waals surface area contributed by atoms with E-state index < -0.39 is 4.92 Å². The van der Waals surface area contributed by atoms with Gasteiger partial charge in [-0.05, 0) is 48.9 Å². The van der Waals surface area contributed by atoms with Gasteiger partial charge in [0.1, 0.15) is 0 Å². The summed E-state index contributed by atoms with van der Waals surface area (Å²) in [5.74, 6) is -0.462. The van der Waals surface area contributed by atoms with E-state index in [4.69, 9.17) is 0 Å². The Hall–Kier alpha value is -4.79. The van der Waals surface area contributed by atoms with Crippen LogP contribution in [0.3, 0.4) is 0 Å². The Labute approximate surface area is 201 Å². The molecular weight excluding hydrogens is 446 g/mol. The quantitative estimate of drug-likeness (QED) is 0.295. The summed E-state index contributed by atoms with van der Waals surface area (Å²) in [5, 5.41) is 21.3. The van der Waals surface area contributed by atoms with E-state index in [0.29, 0.717) is 28.2 Å². The SMILES string of the molecule is CC(=O)Nc1ccc(C)c(NC(=O)Cc2cn(-c3ccccc3)nc2-c2ccc([N+](=O)[O-])cc2)c1. The Morgan fingerprint density at radius 2 is 1.71 bits per heavy atom. The maximum atomic E-state index is 13.0. The van der Waals surface area contributed by atoms with E-state index >= 15 is 0 Å². The second-order valence-electron chi connectivity index (χ2n) is 8.02. The monoisotopic (exact) mass is 469 g/mol. The molecule has 1 aromatic heterocycles. The van der Waals surface area contributed by atoms with Crippen LogP contribution in [-0.2, 0) is 16.0 Å². The van der Waals surface area contributed by atoms with Crippen LogP contribution in [0.4, 0.5) is 17.1 Å². The second-order valence-corrected chi connectivity index (χ2v) is 8.02. The van der Waals surface area contributed by atoms with Gasteiger partial charge in [-0.15, -0.1) is 0 Å². The van der Waals surface area contributed by atoms with Crippen LogP contribution in [0, 0.1) is 17.0 Å². The van der Waals surface area contributed by atoms with E-state index in [1.165, 1.54) is 19.1 Å². The van der Waals surface area contributed by atoms with Gasteiger partial charge in [-0.1, -0.05) is 24.3 Å². The van der Waals surface area contributed by atoms with E-state index in [2.05, 4.69) is 15.7 Å². The summed E-state index contributed by atoms with van der Waals surface area (Å²) < 4.78 is 1.68. The van der Waals surface area contributed by atoms with Crippen LogP contribution in [-0.4, -0.2) is 26.5 Å². The first-order valence-electron chi connectivity index (χ1n) is 10.9. The lowest BCUT2D eigenvalue weighted by molar-refractivity contribution is -0.384.